The third-order valence-electron chi connectivity index (χ3n) is 3.06. The van der Waals surface area contributed by atoms with Gasteiger partial charge in [0.15, 0.2) is 0 Å². The summed E-state index contributed by atoms with van der Waals surface area (Å²) in [6.07, 6.45) is 1.77. The van der Waals surface area contributed by atoms with Gasteiger partial charge in [-0.25, -0.2) is 0 Å². The molecule has 2 rings (SSSR count). The Morgan fingerprint density at radius 2 is 2.06 bits per heavy atom. The second-order valence-corrected chi connectivity index (χ2v) is 4.77. The Kier molecular flexibility index (Phi) is 3.55. The van der Waals surface area contributed by atoms with Crippen LogP contribution in [0.5, 0.6) is 0 Å². The molecule has 0 saturated heterocycles. The van der Waals surface area contributed by atoms with Crippen molar-refractivity contribution < 1.29 is 0 Å². The Balaban J connectivity index is 2.17. The van der Waals surface area contributed by atoms with Crippen LogP contribution in [0.15, 0.2) is 30.5 Å². The van der Waals surface area contributed by atoms with Crippen LogP contribution in [-0.2, 0) is 0 Å². The highest BCUT2D eigenvalue weighted by Crippen LogP contribution is 2.25. The molecule has 1 aromatic carbocycles. The summed E-state index contributed by atoms with van der Waals surface area (Å²) in [6, 6.07) is 8.61. The lowest BCUT2D eigenvalue weighted by Gasteiger charge is -2.19. The summed E-state index contributed by atoms with van der Waals surface area (Å²) < 4.78 is 0. The Morgan fingerprint density at radius 1 is 1.28 bits per heavy atom. The first-order chi connectivity index (χ1) is 8.58. The van der Waals surface area contributed by atoms with E-state index in [1.807, 2.05) is 6.07 Å². The standard InChI is InChI=1S/C14H20N4/c1-10-5-6-12(9-14(10)18(3)4)16-11(2)13-7-8-15-17-13/h5-9,11,16H,1-4H3,(H,15,17). The molecule has 2 aromatic rings. The van der Waals surface area contributed by atoms with Crippen LogP contribution < -0.4 is 10.2 Å². The van der Waals surface area contributed by atoms with Gasteiger partial charge in [0.25, 0.3) is 0 Å². The molecule has 4 heteroatoms. The number of anilines is 2. The van der Waals surface area contributed by atoms with Gasteiger partial charge in [-0.1, -0.05) is 6.07 Å². The SMILES string of the molecule is Cc1ccc(NC(C)c2ccn[nH]2)cc1N(C)C. The maximum absolute atomic E-state index is 3.97. The lowest BCUT2D eigenvalue weighted by Crippen LogP contribution is -2.12. The monoisotopic (exact) mass is 244 g/mol. The molecular formula is C14H20N4. The van der Waals surface area contributed by atoms with Gasteiger partial charge in [-0.3, -0.25) is 5.10 Å². The molecule has 96 valence electrons. The first-order valence-corrected chi connectivity index (χ1v) is 6.11. The number of benzene rings is 1. The molecule has 0 aliphatic heterocycles. The molecule has 0 saturated carbocycles. The van der Waals surface area contributed by atoms with E-state index in [0.29, 0.717) is 0 Å². The fourth-order valence-corrected chi connectivity index (χ4v) is 2.02. The van der Waals surface area contributed by atoms with Gasteiger partial charge in [-0.2, -0.15) is 5.10 Å². The molecule has 1 unspecified atom stereocenters. The van der Waals surface area contributed by atoms with Crippen molar-refractivity contribution in [2.45, 2.75) is 19.9 Å². The first-order valence-electron chi connectivity index (χ1n) is 6.11. The third-order valence-corrected chi connectivity index (χ3v) is 3.06. The van der Waals surface area contributed by atoms with Crippen LogP contribution in [0.4, 0.5) is 11.4 Å². The fourth-order valence-electron chi connectivity index (χ4n) is 2.02. The quantitative estimate of drug-likeness (QED) is 0.869. The van der Waals surface area contributed by atoms with Crippen molar-refractivity contribution in [3.63, 3.8) is 0 Å². The molecule has 0 aliphatic carbocycles. The van der Waals surface area contributed by atoms with Crippen molar-refractivity contribution in [1.82, 2.24) is 10.2 Å². The van der Waals surface area contributed by atoms with Crippen LogP contribution >= 0.6 is 0 Å². The molecule has 0 aliphatic rings. The second kappa shape index (κ2) is 5.12. The predicted molar refractivity (Wildman–Crippen MR) is 76.1 cm³/mol. The van der Waals surface area contributed by atoms with E-state index in [4.69, 9.17) is 0 Å². The minimum absolute atomic E-state index is 0.213. The molecule has 1 aromatic heterocycles. The zero-order chi connectivity index (χ0) is 13.1. The van der Waals surface area contributed by atoms with Crippen LogP contribution in [0.25, 0.3) is 0 Å². The van der Waals surface area contributed by atoms with E-state index < -0.39 is 0 Å². The molecule has 2 N–H and O–H groups in total. The van der Waals surface area contributed by atoms with Gasteiger partial charge in [-0.15, -0.1) is 0 Å². The molecule has 0 spiro atoms. The zero-order valence-corrected chi connectivity index (χ0v) is 11.4. The van der Waals surface area contributed by atoms with Crippen molar-refractivity contribution in [2.75, 3.05) is 24.3 Å². The van der Waals surface area contributed by atoms with Crippen LogP contribution in [-0.4, -0.2) is 24.3 Å². The van der Waals surface area contributed by atoms with Crippen molar-refractivity contribution >= 4 is 11.4 Å². The summed E-state index contributed by atoms with van der Waals surface area (Å²) in [5.41, 5.74) is 4.71. The molecule has 18 heavy (non-hydrogen) atoms. The normalized spacial score (nSPS) is 12.2. The Morgan fingerprint density at radius 3 is 2.67 bits per heavy atom. The van der Waals surface area contributed by atoms with E-state index in [1.165, 1.54) is 11.3 Å². The zero-order valence-electron chi connectivity index (χ0n) is 11.4. The summed E-state index contributed by atoms with van der Waals surface area (Å²) in [5, 5.41) is 10.4. The molecule has 4 nitrogen and oxygen atoms in total. The van der Waals surface area contributed by atoms with Gasteiger partial charge in [-0.05, 0) is 37.6 Å². The third kappa shape index (κ3) is 2.64. The van der Waals surface area contributed by atoms with Crippen molar-refractivity contribution in [3.05, 3.63) is 41.7 Å². The molecule has 0 amide bonds. The van der Waals surface area contributed by atoms with Gasteiger partial charge in [0, 0.05) is 31.7 Å². The average Bonchev–Trinajstić information content (AvgIpc) is 2.85. The Bertz CT molecular complexity index is 503. The predicted octanol–water partition coefficient (Wildman–Crippen LogP) is 2.96. The van der Waals surface area contributed by atoms with Gasteiger partial charge in [0.2, 0.25) is 0 Å². The molecule has 0 bridgehead atoms. The van der Waals surface area contributed by atoms with Crippen molar-refractivity contribution in [3.8, 4) is 0 Å². The van der Waals surface area contributed by atoms with E-state index in [9.17, 15) is 0 Å². The van der Waals surface area contributed by atoms with E-state index in [-0.39, 0.29) is 6.04 Å². The Hall–Kier alpha value is -1.97. The van der Waals surface area contributed by atoms with Crippen LogP contribution in [0.3, 0.4) is 0 Å². The highest BCUT2D eigenvalue weighted by atomic mass is 15.1. The van der Waals surface area contributed by atoms with Crippen molar-refractivity contribution in [1.29, 1.82) is 0 Å². The first kappa shape index (κ1) is 12.5. The van der Waals surface area contributed by atoms with Crippen LogP contribution in [0, 0.1) is 6.92 Å². The maximum Gasteiger partial charge on any atom is 0.0651 e. The van der Waals surface area contributed by atoms with Crippen molar-refractivity contribution in [2.24, 2.45) is 0 Å². The fraction of sp³-hybridized carbons (Fsp3) is 0.357. The van der Waals surface area contributed by atoms with Gasteiger partial charge in [0.1, 0.15) is 0 Å². The molecule has 0 fully saturated rings. The topological polar surface area (TPSA) is 44.0 Å². The van der Waals surface area contributed by atoms with Gasteiger partial charge >= 0.3 is 0 Å². The summed E-state index contributed by atoms with van der Waals surface area (Å²) in [6.45, 7) is 4.24. The summed E-state index contributed by atoms with van der Waals surface area (Å²) in [4.78, 5) is 2.13. The summed E-state index contributed by atoms with van der Waals surface area (Å²) in [7, 11) is 4.12. The maximum atomic E-state index is 3.97. The minimum Gasteiger partial charge on any atom is -0.377 e. The largest absolute Gasteiger partial charge is 0.377 e. The number of aromatic nitrogens is 2. The summed E-state index contributed by atoms with van der Waals surface area (Å²) >= 11 is 0. The molecular weight excluding hydrogens is 224 g/mol. The highest BCUT2D eigenvalue weighted by Gasteiger charge is 2.08. The summed E-state index contributed by atoms with van der Waals surface area (Å²) in [5.74, 6) is 0. The highest BCUT2D eigenvalue weighted by molar-refractivity contribution is 5.62. The number of aryl methyl sites for hydroxylation is 1. The van der Waals surface area contributed by atoms with Crippen LogP contribution in [0.1, 0.15) is 24.2 Å². The number of rotatable bonds is 4. The van der Waals surface area contributed by atoms with Crippen LogP contribution in [0.2, 0.25) is 0 Å². The number of nitrogens with zero attached hydrogens (tertiary/aromatic N) is 2. The molecule has 1 atom stereocenters. The van der Waals surface area contributed by atoms with E-state index in [2.05, 4.69) is 66.6 Å². The molecule has 0 radical (unpaired) electrons. The number of aromatic amines is 1. The van der Waals surface area contributed by atoms with E-state index in [1.54, 1.807) is 6.20 Å². The second-order valence-electron chi connectivity index (χ2n) is 4.77. The minimum atomic E-state index is 0.213. The Labute approximate surface area is 108 Å². The number of hydrogen-bond donors (Lipinski definition) is 2. The smallest absolute Gasteiger partial charge is 0.0651 e. The van der Waals surface area contributed by atoms with Gasteiger partial charge < -0.3 is 10.2 Å². The lowest BCUT2D eigenvalue weighted by atomic mass is 10.1. The van der Waals surface area contributed by atoms with E-state index >= 15 is 0 Å². The number of H-pyrrole nitrogens is 1. The van der Waals surface area contributed by atoms with Gasteiger partial charge in [0.05, 0.1) is 11.7 Å². The lowest BCUT2D eigenvalue weighted by molar-refractivity contribution is 0.825. The number of nitrogens with one attached hydrogen (secondary N) is 2. The molecule has 1 heterocycles. The number of hydrogen-bond acceptors (Lipinski definition) is 3. The van der Waals surface area contributed by atoms with E-state index in [0.717, 1.165) is 11.4 Å². The average molecular weight is 244 g/mol.